The van der Waals surface area contributed by atoms with E-state index in [9.17, 15) is 41.9 Å². The van der Waals surface area contributed by atoms with Gasteiger partial charge in [0.1, 0.15) is 36.2 Å². The zero-order valence-electron chi connectivity index (χ0n) is 37.5. The Morgan fingerprint density at radius 2 is 1.69 bits per heavy atom. The summed E-state index contributed by atoms with van der Waals surface area (Å²) >= 11 is 0. The van der Waals surface area contributed by atoms with Crippen molar-refractivity contribution in [2.75, 3.05) is 33.6 Å². The number of nitrogens with one attached hydrogen (secondary N) is 1. The lowest BCUT2D eigenvalue weighted by atomic mass is 9.70. The SMILES string of the molecule is CC[C@H]1OC(=O)[C@H](C)C(=O)[C@H](C)[C@@H](O[C@@H]2O[C@H](C)C[C@H](N(C)CCC(=O)NC(CF)Cc3ccc(S(C)(=O)=O)cc3)[C@H]2O)C(C)(OC)C[C@@H](C)C(=O)[C@H](C)C2CC(=O)OC21C. The highest BCUT2D eigenvalue weighted by Gasteiger charge is 2.57. The Balaban J connectivity index is 1.53. The summed E-state index contributed by atoms with van der Waals surface area (Å²) in [7, 11) is -0.222. The lowest BCUT2D eigenvalue weighted by Crippen LogP contribution is -2.60. The third-order valence-electron chi connectivity index (χ3n) is 13.3. The molecule has 4 unspecified atom stereocenters. The molecular formula is C44H67FN2O13S. The van der Waals surface area contributed by atoms with Crippen molar-refractivity contribution in [3.8, 4) is 0 Å². The van der Waals surface area contributed by atoms with Crippen molar-refractivity contribution < 1.29 is 65.6 Å². The van der Waals surface area contributed by atoms with Crippen LogP contribution in [-0.4, -0.2) is 135 Å². The van der Waals surface area contributed by atoms with Crippen LogP contribution < -0.4 is 5.32 Å². The number of likely N-dealkylation sites (N-methyl/N-ethyl adjacent to an activating group) is 1. The molecule has 2 N–H and O–H groups in total. The summed E-state index contributed by atoms with van der Waals surface area (Å²) in [4.78, 5) is 69.9. The van der Waals surface area contributed by atoms with E-state index in [-0.39, 0.29) is 49.3 Å². The second-order valence-electron chi connectivity index (χ2n) is 18.0. The van der Waals surface area contributed by atoms with E-state index in [4.69, 9.17) is 23.7 Å². The maximum absolute atomic E-state index is 14.3. The average Bonchev–Trinajstić information content (AvgIpc) is 3.53. The molecule has 3 saturated heterocycles. The lowest BCUT2D eigenvalue weighted by molar-refractivity contribution is -0.296. The number of aliphatic hydroxyl groups excluding tert-OH is 1. The zero-order valence-corrected chi connectivity index (χ0v) is 38.3. The van der Waals surface area contributed by atoms with Crippen LogP contribution in [0.2, 0.25) is 0 Å². The van der Waals surface area contributed by atoms with Crippen LogP contribution in [0.25, 0.3) is 0 Å². The van der Waals surface area contributed by atoms with Crippen molar-refractivity contribution in [1.82, 2.24) is 10.2 Å². The molecule has 15 nitrogen and oxygen atoms in total. The number of alkyl halides is 1. The van der Waals surface area contributed by atoms with Crippen LogP contribution in [0.1, 0.15) is 93.1 Å². The third-order valence-corrected chi connectivity index (χ3v) is 14.4. The van der Waals surface area contributed by atoms with Gasteiger partial charge in [0.25, 0.3) is 0 Å². The number of carbonyl (C=O) groups is 5. The summed E-state index contributed by atoms with van der Waals surface area (Å²) < 4.78 is 68.3. The smallest absolute Gasteiger partial charge is 0.316 e. The molecule has 1 aromatic rings. The number of esters is 2. The van der Waals surface area contributed by atoms with Gasteiger partial charge in [-0.15, -0.1) is 0 Å². The van der Waals surface area contributed by atoms with E-state index < -0.39 is 124 Å². The van der Waals surface area contributed by atoms with Crippen LogP contribution in [0.3, 0.4) is 0 Å². The van der Waals surface area contributed by atoms with Gasteiger partial charge in [0, 0.05) is 56.0 Å². The summed E-state index contributed by atoms with van der Waals surface area (Å²) in [5, 5.41) is 14.5. The summed E-state index contributed by atoms with van der Waals surface area (Å²) in [6.45, 7) is 12.8. The molecule has 0 spiro atoms. The first-order chi connectivity index (χ1) is 28.4. The van der Waals surface area contributed by atoms with Crippen molar-refractivity contribution in [2.45, 2.75) is 153 Å². The monoisotopic (exact) mass is 882 g/mol. The number of aliphatic hydroxyl groups is 1. The number of hydrogen-bond donors (Lipinski definition) is 2. The number of halogens is 1. The Bertz CT molecular complexity index is 1850. The largest absolute Gasteiger partial charge is 0.458 e. The van der Waals surface area contributed by atoms with E-state index in [1.807, 2.05) is 0 Å². The number of methoxy groups -OCH3 is 1. The molecule has 3 fully saturated rings. The minimum Gasteiger partial charge on any atom is -0.458 e. The van der Waals surface area contributed by atoms with Crippen LogP contribution in [0.5, 0.6) is 0 Å². The molecule has 3 heterocycles. The fraction of sp³-hybridized carbons (Fsp3) is 0.750. The van der Waals surface area contributed by atoms with Gasteiger partial charge in [-0.3, -0.25) is 24.0 Å². The standard InChI is InChI=1S/C44H67FN2O13S/c1-12-34-44(8)32(21-36(49)60-44)26(4)37(50)24(2)22-43(7,56-10)40(27(5)38(51)28(6)41(53)58-34)59-42-39(52)33(19-25(3)57-42)47(9)18-17-35(48)46-30(23-45)20-29-13-15-31(16-14-29)61(11,54)55/h13-16,24-28,30,32-34,39-40,42,52H,12,17-23H2,1-11H3,(H,46,48)/t24-,25-,26-,27+,28-,30?,32?,33+,34-,39-,40-,42+,43?,44?/m1/s1. The Kier molecular flexibility index (Phi) is 16.9. The number of cyclic esters (lactones) is 1. The number of benzene rings is 1. The summed E-state index contributed by atoms with van der Waals surface area (Å²) in [5.74, 6) is -6.69. The Morgan fingerprint density at radius 1 is 1.05 bits per heavy atom. The van der Waals surface area contributed by atoms with E-state index >= 15 is 0 Å². The van der Waals surface area contributed by atoms with E-state index in [0.717, 1.165) is 6.26 Å². The Hall–Kier alpha value is -3.35. The number of hydrogen-bond acceptors (Lipinski definition) is 14. The summed E-state index contributed by atoms with van der Waals surface area (Å²) in [6, 6.07) is 4.63. The predicted octanol–water partition coefficient (Wildman–Crippen LogP) is 3.79. The van der Waals surface area contributed by atoms with Crippen LogP contribution in [0.15, 0.2) is 29.2 Å². The number of Topliss-reactive ketones (excluding diaryl/α,β-unsaturated/α-hetero) is 2. The predicted molar refractivity (Wildman–Crippen MR) is 222 cm³/mol. The van der Waals surface area contributed by atoms with Crippen molar-refractivity contribution in [1.29, 1.82) is 0 Å². The van der Waals surface area contributed by atoms with Gasteiger partial charge in [-0.2, -0.15) is 0 Å². The highest BCUT2D eigenvalue weighted by Crippen LogP contribution is 2.45. The number of ketones is 2. The normalized spacial score (nSPS) is 36.1. The number of carbonyl (C=O) groups excluding carboxylic acids is 5. The fourth-order valence-corrected chi connectivity index (χ4v) is 10.1. The van der Waals surface area contributed by atoms with Crippen molar-refractivity contribution in [3.63, 3.8) is 0 Å². The summed E-state index contributed by atoms with van der Waals surface area (Å²) in [6.07, 6.45) is -3.24. The van der Waals surface area contributed by atoms with Gasteiger partial charge in [0.05, 0.1) is 35.2 Å². The van der Waals surface area contributed by atoms with E-state index in [2.05, 4.69) is 5.32 Å². The topological polar surface area (TPSA) is 201 Å². The highest BCUT2D eigenvalue weighted by atomic mass is 32.2. The molecular weight excluding hydrogens is 816 g/mol. The molecule has 17 heteroatoms. The molecule has 4 rings (SSSR count). The first kappa shape index (κ1) is 50.3. The van der Waals surface area contributed by atoms with Crippen LogP contribution >= 0.6 is 0 Å². The minimum absolute atomic E-state index is 0.0303. The molecule has 3 aliphatic heterocycles. The maximum Gasteiger partial charge on any atom is 0.316 e. The third kappa shape index (κ3) is 11.6. The number of rotatable bonds is 13. The molecule has 0 bridgehead atoms. The lowest BCUT2D eigenvalue weighted by Gasteiger charge is -2.47. The number of sulfone groups is 1. The van der Waals surface area contributed by atoms with Gasteiger partial charge in [-0.05, 0) is 78.1 Å². The van der Waals surface area contributed by atoms with Crippen LogP contribution in [-0.2, 0) is 63.9 Å². The van der Waals surface area contributed by atoms with Gasteiger partial charge in [-0.25, -0.2) is 12.8 Å². The van der Waals surface area contributed by atoms with Gasteiger partial charge in [-0.1, -0.05) is 39.8 Å². The number of nitrogens with zero attached hydrogens (tertiary/aromatic N) is 1. The molecule has 0 radical (unpaired) electrons. The Labute approximate surface area is 360 Å². The fourth-order valence-electron chi connectivity index (χ4n) is 9.46. The molecule has 344 valence electrons. The summed E-state index contributed by atoms with van der Waals surface area (Å²) in [5.41, 5.74) is -1.98. The molecule has 1 amide bonds. The average molecular weight is 883 g/mol. The number of ether oxygens (including phenoxy) is 5. The van der Waals surface area contributed by atoms with Crippen molar-refractivity contribution in [3.05, 3.63) is 29.8 Å². The van der Waals surface area contributed by atoms with Gasteiger partial charge >= 0.3 is 11.9 Å². The molecule has 0 aromatic heterocycles. The molecule has 0 saturated carbocycles. The number of amides is 1. The van der Waals surface area contributed by atoms with Crippen LogP contribution in [0.4, 0.5) is 4.39 Å². The van der Waals surface area contributed by atoms with E-state index in [1.54, 1.807) is 72.5 Å². The quantitative estimate of drug-likeness (QED) is 0.214. The van der Waals surface area contributed by atoms with Crippen molar-refractivity contribution in [2.24, 2.45) is 29.6 Å². The molecule has 3 aliphatic rings. The van der Waals surface area contributed by atoms with Crippen LogP contribution in [0, 0.1) is 29.6 Å². The van der Waals surface area contributed by atoms with Gasteiger partial charge in [0.15, 0.2) is 21.9 Å². The molecule has 14 atom stereocenters. The second kappa shape index (κ2) is 20.4. The van der Waals surface area contributed by atoms with Crippen molar-refractivity contribution >= 4 is 39.2 Å². The van der Waals surface area contributed by atoms with Gasteiger partial charge in [0.2, 0.25) is 5.91 Å². The molecule has 0 aliphatic carbocycles. The Morgan fingerprint density at radius 3 is 2.26 bits per heavy atom. The first-order valence-electron chi connectivity index (χ1n) is 21.3. The highest BCUT2D eigenvalue weighted by molar-refractivity contribution is 7.90. The zero-order chi connectivity index (χ0) is 45.8. The van der Waals surface area contributed by atoms with E-state index in [0.29, 0.717) is 12.0 Å². The van der Waals surface area contributed by atoms with Gasteiger partial charge < -0.3 is 39.0 Å². The molecule has 1 aromatic carbocycles. The minimum atomic E-state index is -3.39. The second-order valence-corrected chi connectivity index (χ2v) is 20.0. The molecule has 61 heavy (non-hydrogen) atoms. The van der Waals surface area contributed by atoms with E-state index in [1.165, 1.54) is 26.2 Å². The number of fused-ring (bicyclic) bond motifs is 1. The first-order valence-corrected chi connectivity index (χ1v) is 23.2. The maximum atomic E-state index is 14.3.